The summed E-state index contributed by atoms with van der Waals surface area (Å²) in [7, 11) is 0. The first-order chi connectivity index (χ1) is 17.2. The molecule has 4 amide bonds. The van der Waals surface area contributed by atoms with E-state index in [-0.39, 0.29) is 6.42 Å². The molecule has 2 aliphatic heterocycles. The molecule has 3 aromatic carbocycles. The lowest BCUT2D eigenvalue weighted by Crippen LogP contribution is -2.51. The van der Waals surface area contributed by atoms with Gasteiger partial charge in [-0.05, 0) is 50.1 Å². The Morgan fingerprint density at radius 3 is 2.08 bits per heavy atom. The zero-order valence-electron chi connectivity index (χ0n) is 20.3. The van der Waals surface area contributed by atoms with Gasteiger partial charge in [0.2, 0.25) is 11.8 Å². The van der Waals surface area contributed by atoms with Crippen LogP contribution < -0.4 is 9.80 Å². The molecule has 1 fully saturated rings. The van der Waals surface area contributed by atoms with Crippen LogP contribution in [0.2, 0.25) is 0 Å². The van der Waals surface area contributed by atoms with Gasteiger partial charge in [-0.2, -0.15) is 0 Å². The number of fused-ring (bicyclic) bond motifs is 1. The normalized spacial score (nSPS) is 21.6. The van der Waals surface area contributed by atoms with E-state index in [1.165, 1.54) is 0 Å². The van der Waals surface area contributed by atoms with E-state index >= 15 is 0 Å². The van der Waals surface area contributed by atoms with Gasteiger partial charge in [0.25, 0.3) is 5.91 Å². The largest absolute Gasteiger partial charge is 0.443 e. The van der Waals surface area contributed by atoms with Gasteiger partial charge in [-0.25, -0.2) is 9.69 Å². The molecule has 0 saturated carbocycles. The molecule has 0 aromatic heterocycles. The van der Waals surface area contributed by atoms with Crippen molar-refractivity contribution in [1.82, 2.24) is 0 Å². The van der Waals surface area contributed by atoms with Gasteiger partial charge in [-0.1, -0.05) is 66.7 Å². The second-order valence-electron chi connectivity index (χ2n) is 9.97. The smallest absolute Gasteiger partial charge is 0.421 e. The maximum Gasteiger partial charge on any atom is 0.421 e. The van der Waals surface area contributed by atoms with Gasteiger partial charge >= 0.3 is 6.09 Å². The van der Waals surface area contributed by atoms with Crippen molar-refractivity contribution in [2.75, 3.05) is 9.80 Å². The number of carbonyl (C=O) groups excluding carboxylic acids is 4. The number of imide groups is 2. The number of para-hydroxylation sites is 2. The summed E-state index contributed by atoms with van der Waals surface area (Å²) in [5, 5.41) is 0. The fourth-order valence-electron chi connectivity index (χ4n) is 5.23. The Balaban J connectivity index is 1.72. The lowest BCUT2D eigenvalue weighted by molar-refractivity contribution is -0.130. The van der Waals surface area contributed by atoms with Crippen molar-refractivity contribution in [3.8, 4) is 0 Å². The molecule has 7 heteroatoms. The van der Waals surface area contributed by atoms with E-state index in [1.54, 1.807) is 99.6 Å². The highest BCUT2D eigenvalue weighted by molar-refractivity contribution is 6.28. The lowest BCUT2D eigenvalue weighted by atomic mass is 9.65. The van der Waals surface area contributed by atoms with Crippen LogP contribution in [0.1, 0.15) is 38.3 Å². The Kier molecular flexibility index (Phi) is 5.51. The number of anilines is 2. The number of rotatable bonds is 3. The Morgan fingerprint density at radius 2 is 1.44 bits per heavy atom. The van der Waals surface area contributed by atoms with Crippen molar-refractivity contribution in [3.63, 3.8) is 0 Å². The van der Waals surface area contributed by atoms with Crippen LogP contribution in [0.5, 0.6) is 0 Å². The SMILES string of the molecule is CC(C)(C)OC(=O)N1C(=O)[C@](c2ccccc2)([C@H]2CC(=O)N(c3ccccc3)C2=O)c2ccccc21. The number of hydrogen-bond acceptors (Lipinski definition) is 5. The number of amides is 4. The second-order valence-corrected chi connectivity index (χ2v) is 9.97. The molecule has 5 rings (SSSR count). The maximum atomic E-state index is 14.4. The van der Waals surface area contributed by atoms with E-state index in [9.17, 15) is 19.2 Å². The number of carbonyl (C=O) groups is 4. The molecule has 2 heterocycles. The quantitative estimate of drug-likeness (QED) is 0.499. The molecule has 3 aromatic rings. The molecule has 0 unspecified atom stereocenters. The molecule has 2 aliphatic rings. The van der Waals surface area contributed by atoms with Crippen molar-refractivity contribution in [1.29, 1.82) is 0 Å². The van der Waals surface area contributed by atoms with Gasteiger partial charge in [0.15, 0.2) is 0 Å². The van der Waals surface area contributed by atoms with E-state index in [0.29, 0.717) is 22.5 Å². The van der Waals surface area contributed by atoms with Crippen LogP contribution in [-0.2, 0) is 24.5 Å². The van der Waals surface area contributed by atoms with Gasteiger partial charge in [0.1, 0.15) is 11.0 Å². The zero-order valence-corrected chi connectivity index (χ0v) is 20.3. The van der Waals surface area contributed by atoms with Crippen LogP contribution in [0, 0.1) is 5.92 Å². The summed E-state index contributed by atoms with van der Waals surface area (Å²) in [6.45, 7) is 5.16. The molecule has 2 atom stereocenters. The van der Waals surface area contributed by atoms with Crippen LogP contribution in [0.25, 0.3) is 0 Å². The molecule has 36 heavy (non-hydrogen) atoms. The molecule has 0 spiro atoms. The van der Waals surface area contributed by atoms with Crippen LogP contribution >= 0.6 is 0 Å². The van der Waals surface area contributed by atoms with Crippen molar-refractivity contribution in [2.24, 2.45) is 5.92 Å². The van der Waals surface area contributed by atoms with Crippen LogP contribution in [0.4, 0.5) is 16.2 Å². The van der Waals surface area contributed by atoms with Crippen LogP contribution in [0.3, 0.4) is 0 Å². The highest BCUT2D eigenvalue weighted by Gasteiger charge is 2.64. The molecule has 7 nitrogen and oxygen atoms in total. The predicted molar refractivity (Wildman–Crippen MR) is 134 cm³/mol. The fraction of sp³-hybridized carbons (Fsp3) is 0.241. The summed E-state index contributed by atoms with van der Waals surface area (Å²) in [5.41, 5.74) is -0.596. The average Bonchev–Trinajstić information content (AvgIpc) is 3.29. The summed E-state index contributed by atoms with van der Waals surface area (Å²) < 4.78 is 5.58. The van der Waals surface area contributed by atoms with Gasteiger partial charge < -0.3 is 4.74 Å². The minimum absolute atomic E-state index is 0.176. The van der Waals surface area contributed by atoms with E-state index in [4.69, 9.17) is 4.74 Å². The molecular weight excluding hydrogens is 456 g/mol. The van der Waals surface area contributed by atoms with Crippen molar-refractivity contribution in [3.05, 3.63) is 96.1 Å². The Morgan fingerprint density at radius 1 is 0.861 bits per heavy atom. The minimum Gasteiger partial charge on any atom is -0.443 e. The van der Waals surface area contributed by atoms with Crippen molar-refractivity contribution >= 4 is 35.2 Å². The summed E-state index contributed by atoms with van der Waals surface area (Å²) in [6.07, 6.45) is -1.00. The number of hydrogen-bond donors (Lipinski definition) is 0. The third-order valence-corrected chi connectivity index (χ3v) is 6.60. The average molecular weight is 483 g/mol. The number of benzene rings is 3. The molecule has 0 aliphatic carbocycles. The summed E-state index contributed by atoms with van der Waals surface area (Å²) in [4.78, 5) is 57.1. The first kappa shape index (κ1) is 23.5. The minimum atomic E-state index is -1.58. The van der Waals surface area contributed by atoms with Crippen molar-refractivity contribution in [2.45, 2.75) is 38.2 Å². The number of ether oxygens (including phenoxy) is 1. The summed E-state index contributed by atoms with van der Waals surface area (Å²) >= 11 is 0. The lowest BCUT2D eigenvalue weighted by Gasteiger charge is -2.33. The molecule has 1 saturated heterocycles. The van der Waals surface area contributed by atoms with E-state index in [1.807, 2.05) is 6.07 Å². The number of nitrogens with zero attached hydrogens (tertiary/aromatic N) is 2. The first-order valence-electron chi connectivity index (χ1n) is 11.8. The first-order valence-corrected chi connectivity index (χ1v) is 11.8. The van der Waals surface area contributed by atoms with Gasteiger partial charge in [0, 0.05) is 6.42 Å². The maximum absolute atomic E-state index is 14.4. The Labute approximate surface area is 209 Å². The standard InChI is InChI=1S/C29H26N2O5/c1-28(2,3)36-27(35)31-23-17-11-10-16-21(23)29(26(31)34,19-12-6-4-7-13-19)22-18-24(32)30(25(22)33)20-14-8-5-9-15-20/h4-17,22H,18H2,1-3H3/t22-,29-/m0/s1. The monoisotopic (exact) mass is 482 g/mol. The Hall–Kier alpha value is -4.26. The highest BCUT2D eigenvalue weighted by atomic mass is 16.6. The zero-order chi connectivity index (χ0) is 25.7. The van der Waals surface area contributed by atoms with Gasteiger partial charge in [0.05, 0.1) is 17.3 Å². The van der Waals surface area contributed by atoms with Crippen LogP contribution in [0.15, 0.2) is 84.9 Å². The predicted octanol–water partition coefficient (Wildman–Crippen LogP) is 4.83. The van der Waals surface area contributed by atoms with Gasteiger partial charge in [-0.15, -0.1) is 0 Å². The van der Waals surface area contributed by atoms with E-state index in [2.05, 4.69) is 0 Å². The fourth-order valence-corrected chi connectivity index (χ4v) is 5.23. The summed E-state index contributed by atoms with van der Waals surface area (Å²) in [5.74, 6) is -2.53. The molecular formula is C29H26N2O5. The summed E-state index contributed by atoms with van der Waals surface area (Å²) in [6, 6.07) is 24.4. The molecule has 182 valence electrons. The van der Waals surface area contributed by atoms with Gasteiger partial charge in [-0.3, -0.25) is 19.3 Å². The van der Waals surface area contributed by atoms with Crippen LogP contribution in [-0.4, -0.2) is 29.4 Å². The molecule has 0 N–H and O–H groups in total. The molecule has 0 bridgehead atoms. The molecule has 0 radical (unpaired) electrons. The topological polar surface area (TPSA) is 84.0 Å². The van der Waals surface area contributed by atoms with E-state index < -0.39 is 40.7 Å². The van der Waals surface area contributed by atoms with E-state index in [0.717, 1.165) is 9.80 Å². The third kappa shape index (κ3) is 3.50. The van der Waals surface area contributed by atoms with Crippen molar-refractivity contribution < 1.29 is 23.9 Å². The Bertz CT molecular complexity index is 1360. The second kappa shape index (κ2) is 8.45. The third-order valence-electron chi connectivity index (χ3n) is 6.60. The highest BCUT2D eigenvalue weighted by Crippen LogP contribution is 2.54.